The van der Waals surface area contributed by atoms with Crippen LogP contribution in [0.15, 0.2) is 42.5 Å². The molecule has 4 heteroatoms. The first-order valence-electron chi connectivity index (χ1n) is 6.72. The summed E-state index contributed by atoms with van der Waals surface area (Å²) in [6.45, 7) is 0. The number of fused-ring (bicyclic) bond motifs is 2. The van der Waals surface area contributed by atoms with Gasteiger partial charge in [0.15, 0.2) is 0 Å². The van der Waals surface area contributed by atoms with Gasteiger partial charge in [0.1, 0.15) is 0 Å². The van der Waals surface area contributed by atoms with Gasteiger partial charge in [0, 0.05) is 11.1 Å². The van der Waals surface area contributed by atoms with E-state index in [-0.39, 0.29) is 0 Å². The third-order valence-corrected chi connectivity index (χ3v) is 4.31. The first kappa shape index (κ1) is 11.8. The Labute approximate surface area is 122 Å². The number of hydrogen-bond acceptors (Lipinski definition) is 2. The van der Waals surface area contributed by atoms with Crippen LogP contribution in [0.1, 0.15) is 17.2 Å². The zero-order valence-corrected chi connectivity index (χ0v) is 11.6. The molecule has 1 heterocycles. The molecule has 3 nitrogen and oxygen atoms in total. The third kappa shape index (κ3) is 1.70. The summed E-state index contributed by atoms with van der Waals surface area (Å²) in [7, 11) is 0. The average molecular weight is 284 g/mol. The summed E-state index contributed by atoms with van der Waals surface area (Å²) < 4.78 is 2.13. The van der Waals surface area contributed by atoms with Gasteiger partial charge in [-0.05, 0) is 42.2 Å². The minimum Gasteiger partial charge on any atom is -0.369 e. The van der Waals surface area contributed by atoms with Crippen LogP contribution < -0.4 is 5.73 Å². The summed E-state index contributed by atoms with van der Waals surface area (Å²) >= 11 is 6.11. The number of nitrogens with zero attached hydrogens (tertiary/aromatic N) is 2. The van der Waals surface area contributed by atoms with Gasteiger partial charge in [-0.3, -0.25) is 0 Å². The number of hydrogen-bond donors (Lipinski definition) is 1. The van der Waals surface area contributed by atoms with E-state index in [1.54, 1.807) is 0 Å². The van der Waals surface area contributed by atoms with Crippen molar-refractivity contribution in [2.45, 2.75) is 18.9 Å². The molecule has 1 aliphatic carbocycles. The van der Waals surface area contributed by atoms with Crippen molar-refractivity contribution in [3.05, 3.63) is 58.6 Å². The second-order valence-electron chi connectivity index (χ2n) is 5.30. The van der Waals surface area contributed by atoms with E-state index < -0.39 is 0 Å². The van der Waals surface area contributed by atoms with Crippen LogP contribution >= 0.6 is 11.6 Å². The molecule has 0 spiro atoms. The smallest absolute Gasteiger partial charge is 0.201 e. The molecule has 0 amide bonds. The van der Waals surface area contributed by atoms with Gasteiger partial charge in [-0.2, -0.15) is 0 Å². The number of anilines is 1. The number of halogens is 1. The monoisotopic (exact) mass is 283 g/mol. The molecular weight excluding hydrogens is 270 g/mol. The highest BCUT2D eigenvalue weighted by Crippen LogP contribution is 2.34. The summed E-state index contributed by atoms with van der Waals surface area (Å²) in [5, 5.41) is 0.717. The lowest BCUT2D eigenvalue weighted by Crippen LogP contribution is -2.12. The van der Waals surface area contributed by atoms with Crippen molar-refractivity contribution in [2.75, 3.05) is 5.73 Å². The molecule has 0 saturated heterocycles. The standard InChI is InChI=1S/C16H14ClN3/c17-12-5-6-14-15(9-12)20(16(18)19-14)13-7-10-3-1-2-4-11(10)8-13/h1-6,9,13H,7-8H2,(H2,18,19). The molecule has 0 saturated carbocycles. The Morgan fingerprint density at radius 2 is 1.80 bits per heavy atom. The van der Waals surface area contributed by atoms with E-state index in [1.807, 2.05) is 18.2 Å². The zero-order chi connectivity index (χ0) is 13.7. The van der Waals surface area contributed by atoms with E-state index in [0.29, 0.717) is 17.0 Å². The van der Waals surface area contributed by atoms with Crippen molar-refractivity contribution in [3.63, 3.8) is 0 Å². The predicted molar refractivity (Wildman–Crippen MR) is 82.0 cm³/mol. The van der Waals surface area contributed by atoms with Crippen molar-refractivity contribution in [1.82, 2.24) is 9.55 Å². The SMILES string of the molecule is Nc1nc2ccc(Cl)cc2n1C1Cc2ccccc2C1. The summed E-state index contributed by atoms with van der Waals surface area (Å²) in [6.07, 6.45) is 2.00. The van der Waals surface area contributed by atoms with Crippen molar-refractivity contribution < 1.29 is 0 Å². The highest BCUT2D eigenvalue weighted by molar-refractivity contribution is 6.31. The number of nitrogen functional groups attached to an aromatic ring is 1. The highest BCUT2D eigenvalue weighted by Gasteiger charge is 2.25. The van der Waals surface area contributed by atoms with Gasteiger partial charge in [-0.15, -0.1) is 0 Å². The Hall–Kier alpha value is -2.00. The fraction of sp³-hybridized carbons (Fsp3) is 0.188. The molecule has 1 aliphatic rings. The number of imidazole rings is 1. The highest BCUT2D eigenvalue weighted by atomic mass is 35.5. The van der Waals surface area contributed by atoms with Crippen LogP contribution in [-0.4, -0.2) is 9.55 Å². The van der Waals surface area contributed by atoms with Crippen LogP contribution in [0.5, 0.6) is 0 Å². The Balaban J connectivity index is 1.84. The van der Waals surface area contributed by atoms with E-state index >= 15 is 0 Å². The minimum absolute atomic E-state index is 0.330. The van der Waals surface area contributed by atoms with Crippen LogP contribution in [-0.2, 0) is 12.8 Å². The van der Waals surface area contributed by atoms with Crippen LogP contribution in [0, 0.1) is 0 Å². The molecule has 4 rings (SSSR count). The quantitative estimate of drug-likeness (QED) is 0.741. The molecule has 3 aromatic rings. The van der Waals surface area contributed by atoms with Crippen LogP contribution in [0.25, 0.3) is 11.0 Å². The maximum atomic E-state index is 6.13. The predicted octanol–water partition coefficient (Wildman–Crippen LogP) is 3.61. The molecule has 0 fully saturated rings. The Morgan fingerprint density at radius 1 is 1.10 bits per heavy atom. The lowest BCUT2D eigenvalue weighted by Gasteiger charge is -2.14. The van der Waals surface area contributed by atoms with Crippen molar-refractivity contribution in [2.24, 2.45) is 0 Å². The zero-order valence-electron chi connectivity index (χ0n) is 10.9. The van der Waals surface area contributed by atoms with Gasteiger partial charge in [-0.1, -0.05) is 35.9 Å². The Kier molecular flexibility index (Phi) is 2.51. The van der Waals surface area contributed by atoms with Gasteiger partial charge < -0.3 is 10.3 Å². The summed E-state index contributed by atoms with van der Waals surface area (Å²) in [5.41, 5.74) is 10.9. The third-order valence-electron chi connectivity index (χ3n) is 4.07. The summed E-state index contributed by atoms with van der Waals surface area (Å²) in [4.78, 5) is 4.44. The van der Waals surface area contributed by atoms with Crippen molar-refractivity contribution in [3.8, 4) is 0 Å². The van der Waals surface area contributed by atoms with Gasteiger partial charge in [0.05, 0.1) is 11.0 Å². The average Bonchev–Trinajstić information content (AvgIpc) is 2.97. The lowest BCUT2D eigenvalue weighted by atomic mass is 10.1. The molecule has 2 aromatic carbocycles. The first-order valence-corrected chi connectivity index (χ1v) is 7.10. The van der Waals surface area contributed by atoms with E-state index in [1.165, 1.54) is 11.1 Å². The van der Waals surface area contributed by atoms with E-state index in [0.717, 1.165) is 23.9 Å². The van der Waals surface area contributed by atoms with Gasteiger partial charge in [0.25, 0.3) is 0 Å². The molecule has 0 radical (unpaired) electrons. The summed E-state index contributed by atoms with van der Waals surface area (Å²) in [6, 6.07) is 14.6. The van der Waals surface area contributed by atoms with Gasteiger partial charge in [0.2, 0.25) is 5.95 Å². The number of aromatic nitrogens is 2. The Bertz CT molecular complexity index is 782. The first-order chi connectivity index (χ1) is 9.72. The van der Waals surface area contributed by atoms with E-state index in [9.17, 15) is 0 Å². The maximum absolute atomic E-state index is 6.13. The lowest BCUT2D eigenvalue weighted by molar-refractivity contribution is 0.550. The fourth-order valence-corrected chi connectivity index (χ4v) is 3.35. The van der Waals surface area contributed by atoms with Crippen LogP contribution in [0.4, 0.5) is 5.95 Å². The molecule has 0 unspecified atom stereocenters. The summed E-state index contributed by atoms with van der Waals surface area (Å²) in [5.74, 6) is 0.570. The second-order valence-corrected chi connectivity index (χ2v) is 5.74. The van der Waals surface area contributed by atoms with Crippen LogP contribution in [0.3, 0.4) is 0 Å². The minimum atomic E-state index is 0.330. The second kappa shape index (κ2) is 4.25. The topological polar surface area (TPSA) is 43.8 Å². The van der Waals surface area contributed by atoms with Crippen LogP contribution in [0.2, 0.25) is 5.02 Å². The fourth-order valence-electron chi connectivity index (χ4n) is 3.19. The number of nitrogens with two attached hydrogens (primary N) is 1. The van der Waals surface area contributed by atoms with Crippen molar-refractivity contribution in [1.29, 1.82) is 0 Å². The molecule has 20 heavy (non-hydrogen) atoms. The number of rotatable bonds is 1. The molecule has 1 aromatic heterocycles. The Morgan fingerprint density at radius 3 is 2.50 bits per heavy atom. The molecular formula is C16H14ClN3. The van der Waals surface area contributed by atoms with Gasteiger partial charge in [-0.25, -0.2) is 4.98 Å². The number of benzene rings is 2. The molecule has 100 valence electrons. The molecule has 2 N–H and O–H groups in total. The molecule has 0 aliphatic heterocycles. The normalized spacial score (nSPS) is 14.8. The molecule has 0 atom stereocenters. The largest absolute Gasteiger partial charge is 0.369 e. The van der Waals surface area contributed by atoms with Gasteiger partial charge >= 0.3 is 0 Å². The molecule has 0 bridgehead atoms. The maximum Gasteiger partial charge on any atom is 0.201 e. The van der Waals surface area contributed by atoms with Crippen molar-refractivity contribution >= 4 is 28.6 Å². The van der Waals surface area contributed by atoms with E-state index in [2.05, 4.69) is 33.8 Å². The van der Waals surface area contributed by atoms with E-state index in [4.69, 9.17) is 17.3 Å².